The third-order valence-electron chi connectivity index (χ3n) is 5.41. The normalized spacial score (nSPS) is 11.7. The Morgan fingerprint density at radius 2 is 1.91 bits per heavy atom. The molecule has 0 radical (unpaired) electrons. The van der Waals surface area contributed by atoms with E-state index in [-0.39, 0.29) is 18.1 Å². The lowest BCUT2D eigenvalue weighted by atomic mass is 10.1. The average Bonchev–Trinajstić information content (AvgIpc) is 3.28. The van der Waals surface area contributed by atoms with Gasteiger partial charge in [0.2, 0.25) is 5.91 Å². The van der Waals surface area contributed by atoms with Crippen LogP contribution >= 0.6 is 11.8 Å². The second kappa shape index (κ2) is 12.9. The number of ether oxygens (including phenoxy) is 2. The zero-order valence-electron chi connectivity index (χ0n) is 20.1. The number of nitrogens with one attached hydrogen (secondary N) is 2. The van der Waals surface area contributed by atoms with E-state index in [0.717, 1.165) is 6.42 Å². The van der Waals surface area contributed by atoms with E-state index < -0.39 is 17.9 Å². The number of aromatic nitrogens is 2. The third-order valence-corrected chi connectivity index (χ3v) is 6.05. The second-order valence-corrected chi connectivity index (χ2v) is 8.86. The van der Waals surface area contributed by atoms with Crippen molar-refractivity contribution in [2.45, 2.75) is 25.4 Å². The number of rotatable bonds is 12. The zero-order valence-corrected chi connectivity index (χ0v) is 20.9. The summed E-state index contributed by atoms with van der Waals surface area (Å²) in [6.07, 6.45) is 4.83. The summed E-state index contributed by atoms with van der Waals surface area (Å²) in [7, 11) is 2.73. The van der Waals surface area contributed by atoms with Gasteiger partial charge in [0.1, 0.15) is 12.6 Å². The maximum atomic E-state index is 13.1. The summed E-state index contributed by atoms with van der Waals surface area (Å²) in [4.78, 5) is 42.0. The molecule has 3 rings (SSSR count). The smallest absolute Gasteiger partial charge is 0.328 e. The molecule has 35 heavy (non-hydrogen) atoms. The van der Waals surface area contributed by atoms with E-state index >= 15 is 0 Å². The van der Waals surface area contributed by atoms with Crippen molar-refractivity contribution in [2.24, 2.45) is 0 Å². The highest BCUT2D eigenvalue weighted by molar-refractivity contribution is 7.98. The van der Waals surface area contributed by atoms with Gasteiger partial charge in [0.25, 0.3) is 5.91 Å². The number of amides is 2. The minimum Gasteiger partial charge on any atom is -0.467 e. The first-order valence-electron chi connectivity index (χ1n) is 11.2. The SMILES string of the molecule is COCC(=O)Nc1cc(C(=O)NC(CCSC)C(=O)OC)cc2ncn(CCc3ccccc3)c12. The number of nitrogens with zero attached hydrogens (tertiary/aromatic N) is 2. The largest absolute Gasteiger partial charge is 0.467 e. The first-order valence-corrected chi connectivity index (χ1v) is 12.6. The van der Waals surface area contributed by atoms with E-state index in [1.165, 1.54) is 19.8 Å². The predicted octanol–water partition coefficient (Wildman–Crippen LogP) is 2.89. The molecule has 186 valence electrons. The van der Waals surface area contributed by atoms with Crippen molar-refractivity contribution in [1.82, 2.24) is 14.9 Å². The number of carbonyl (C=O) groups is 3. The Labute approximate surface area is 208 Å². The fourth-order valence-corrected chi connectivity index (χ4v) is 4.16. The first kappa shape index (κ1) is 26.2. The van der Waals surface area contributed by atoms with Gasteiger partial charge in [-0.05, 0) is 42.5 Å². The second-order valence-electron chi connectivity index (χ2n) is 7.88. The van der Waals surface area contributed by atoms with Gasteiger partial charge < -0.3 is 24.7 Å². The van der Waals surface area contributed by atoms with E-state index in [1.807, 2.05) is 29.0 Å². The maximum absolute atomic E-state index is 13.1. The summed E-state index contributed by atoms with van der Waals surface area (Å²) in [5.41, 5.74) is 3.15. The van der Waals surface area contributed by atoms with Crippen molar-refractivity contribution in [1.29, 1.82) is 0 Å². The van der Waals surface area contributed by atoms with E-state index in [2.05, 4.69) is 27.8 Å². The molecule has 2 N–H and O–H groups in total. The summed E-state index contributed by atoms with van der Waals surface area (Å²) in [5, 5.41) is 5.57. The van der Waals surface area contributed by atoms with Crippen LogP contribution in [0.2, 0.25) is 0 Å². The monoisotopic (exact) mass is 498 g/mol. The van der Waals surface area contributed by atoms with Crippen LogP contribution in [0.15, 0.2) is 48.8 Å². The van der Waals surface area contributed by atoms with Gasteiger partial charge >= 0.3 is 5.97 Å². The molecule has 9 nitrogen and oxygen atoms in total. The number of hydrogen-bond donors (Lipinski definition) is 2. The van der Waals surface area contributed by atoms with Gasteiger partial charge in [-0.15, -0.1) is 0 Å². The van der Waals surface area contributed by atoms with Crippen LogP contribution in [0.5, 0.6) is 0 Å². The quantitative estimate of drug-likeness (QED) is 0.369. The molecule has 0 aliphatic carbocycles. The van der Waals surface area contributed by atoms with Crippen molar-refractivity contribution in [2.75, 3.05) is 38.2 Å². The lowest BCUT2D eigenvalue weighted by Crippen LogP contribution is -2.42. The van der Waals surface area contributed by atoms with Gasteiger partial charge in [0.05, 0.1) is 30.2 Å². The van der Waals surface area contributed by atoms with Gasteiger partial charge in [-0.1, -0.05) is 30.3 Å². The molecule has 1 heterocycles. The Morgan fingerprint density at radius 3 is 2.60 bits per heavy atom. The summed E-state index contributed by atoms with van der Waals surface area (Å²) in [6.45, 7) is 0.507. The Balaban J connectivity index is 1.92. The minimum atomic E-state index is -0.773. The van der Waals surface area contributed by atoms with Gasteiger partial charge in [-0.2, -0.15) is 11.8 Å². The molecule has 1 atom stereocenters. The minimum absolute atomic E-state index is 0.130. The van der Waals surface area contributed by atoms with E-state index in [9.17, 15) is 14.4 Å². The van der Waals surface area contributed by atoms with E-state index in [1.54, 1.807) is 30.2 Å². The summed E-state index contributed by atoms with van der Waals surface area (Å²) in [6, 6.07) is 12.5. The van der Waals surface area contributed by atoms with Crippen LogP contribution in [0.1, 0.15) is 22.3 Å². The predicted molar refractivity (Wildman–Crippen MR) is 137 cm³/mol. The zero-order chi connectivity index (χ0) is 25.2. The Hall–Kier alpha value is -3.37. The molecule has 0 saturated carbocycles. The molecular formula is C25H30N4O5S. The Kier molecular flexibility index (Phi) is 9.68. The lowest BCUT2D eigenvalue weighted by Gasteiger charge is -2.17. The molecule has 2 amide bonds. The van der Waals surface area contributed by atoms with Crippen LogP contribution in [-0.4, -0.2) is 66.2 Å². The summed E-state index contributed by atoms with van der Waals surface area (Å²) in [5.74, 6) is -0.630. The molecular weight excluding hydrogens is 468 g/mol. The summed E-state index contributed by atoms with van der Waals surface area (Å²) < 4.78 is 11.7. The molecule has 3 aromatic rings. The van der Waals surface area contributed by atoms with Crippen molar-refractivity contribution in [3.63, 3.8) is 0 Å². The number of thioether (sulfide) groups is 1. The van der Waals surface area contributed by atoms with Crippen LogP contribution < -0.4 is 10.6 Å². The highest BCUT2D eigenvalue weighted by Gasteiger charge is 2.23. The summed E-state index contributed by atoms with van der Waals surface area (Å²) >= 11 is 1.57. The number of imidazole rings is 1. The van der Waals surface area contributed by atoms with Crippen molar-refractivity contribution in [3.8, 4) is 0 Å². The number of esters is 1. The van der Waals surface area contributed by atoms with Gasteiger partial charge in [0.15, 0.2) is 0 Å². The molecule has 0 bridgehead atoms. The fraction of sp³-hybridized carbons (Fsp3) is 0.360. The number of aryl methyl sites for hydroxylation is 2. The van der Waals surface area contributed by atoms with Gasteiger partial charge in [0, 0.05) is 19.2 Å². The number of hydrogen-bond acceptors (Lipinski definition) is 7. The van der Waals surface area contributed by atoms with Gasteiger partial charge in [-0.25, -0.2) is 9.78 Å². The van der Waals surface area contributed by atoms with Crippen LogP contribution in [0.4, 0.5) is 5.69 Å². The molecule has 1 aromatic heterocycles. The lowest BCUT2D eigenvalue weighted by molar-refractivity contribution is -0.142. The van der Waals surface area contributed by atoms with Crippen molar-refractivity contribution >= 4 is 46.3 Å². The Morgan fingerprint density at radius 1 is 1.14 bits per heavy atom. The number of carbonyl (C=O) groups excluding carboxylic acids is 3. The molecule has 1 unspecified atom stereocenters. The van der Waals surface area contributed by atoms with Crippen LogP contribution in [-0.2, 0) is 32.0 Å². The standard InChI is InChI=1S/C25H30N4O5S/c1-33-15-22(30)27-21-14-18(24(31)28-19(10-12-35-3)25(32)34-2)13-20-23(21)29(16-26-20)11-9-17-7-5-4-6-8-17/h4-8,13-14,16,19H,9-12,15H2,1-3H3,(H,27,30)(H,28,31). The number of methoxy groups -OCH3 is 2. The highest BCUT2D eigenvalue weighted by atomic mass is 32.2. The molecule has 0 saturated heterocycles. The topological polar surface area (TPSA) is 112 Å². The molecule has 0 spiro atoms. The highest BCUT2D eigenvalue weighted by Crippen LogP contribution is 2.26. The number of fused-ring (bicyclic) bond motifs is 1. The first-order chi connectivity index (χ1) is 17.0. The van der Waals surface area contributed by atoms with E-state index in [4.69, 9.17) is 9.47 Å². The fourth-order valence-electron chi connectivity index (χ4n) is 3.69. The van der Waals surface area contributed by atoms with Crippen molar-refractivity contribution in [3.05, 3.63) is 59.9 Å². The van der Waals surface area contributed by atoms with E-state index in [0.29, 0.717) is 35.4 Å². The molecule has 0 aliphatic rings. The molecule has 0 aliphatic heterocycles. The van der Waals surface area contributed by atoms with Crippen LogP contribution in [0, 0.1) is 0 Å². The van der Waals surface area contributed by atoms with Crippen LogP contribution in [0.3, 0.4) is 0 Å². The maximum Gasteiger partial charge on any atom is 0.328 e. The Bertz CT molecular complexity index is 1170. The van der Waals surface area contributed by atoms with Gasteiger partial charge in [-0.3, -0.25) is 9.59 Å². The molecule has 10 heteroatoms. The third kappa shape index (κ3) is 7.06. The van der Waals surface area contributed by atoms with Crippen molar-refractivity contribution < 1.29 is 23.9 Å². The van der Waals surface area contributed by atoms with Crippen LogP contribution in [0.25, 0.3) is 11.0 Å². The number of anilines is 1. The molecule has 0 fully saturated rings. The average molecular weight is 499 g/mol. The number of benzene rings is 2. The molecule has 2 aromatic carbocycles.